The minimum Gasteiger partial charge on any atom is -0.506 e. The van der Waals surface area contributed by atoms with Gasteiger partial charge in [-0.2, -0.15) is 9.78 Å². The fourth-order valence-corrected chi connectivity index (χ4v) is 2.13. The molecule has 0 aliphatic rings. The molecule has 112 valence electrons. The Kier molecular flexibility index (Phi) is 4.75. The summed E-state index contributed by atoms with van der Waals surface area (Å²) in [5.74, 6) is -0.0647. The van der Waals surface area contributed by atoms with Crippen molar-refractivity contribution < 1.29 is 5.11 Å². The summed E-state index contributed by atoms with van der Waals surface area (Å²) >= 11 is 0. The summed E-state index contributed by atoms with van der Waals surface area (Å²) in [5.41, 5.74) is 2.99. The zero-order valence-corrected chi connectivity index (χ0v) is 12.7. The predicted molar refractivity (Wildman–Crippen MR) is 83.0 cm³/mol. The molecule has 1 aromatic heterocycles. The molecule has 0 fully saturated rings. The van der Waals surface area contributed by atoms with Gasteiger partial charge in [-0.25, -0.2) is 0 Å². The first-order valence-corrected chi connectivity index (χ1v) is 7.14. The summed E-state index contributed by atoms with van der Waals surface area (Å²) in [6.45, 7) is 7.29. The van der Waals surface area contributed by atoms with Crippen LogP contribution < -0.4 is 10.9 Å². The number of aromatic nitrogens is 2. The van der Waals surface area contributed by atoms with Crippen molar-refractivity contribution in [1.82, 2.24) is 15.1 Å². The van der Waals surface area contributed by atoms with Crippen LogP contribution in [0.1, 0.15) is 30.2 Å². The lowest BCUT2D eigenvalue weighted by Crippen LogP contribution is -2.25. The Labute approximate surface area is 124 Å². The van der Waals surface area contributed by atoms with Gasteiger partial charge in [-0.15, -0.1) is 0 Å². The lowest BCUT2D eigenvalue weighted by atomic mass is 10.1. The first-order valence-electron chi connectivity index (χ1n) is 7.14. The highest BCUT2D eigenvalue weighted by molar-refractivity contribution is 5.44. The molecular formula is C16H21N3O2. The lowest BCUT2D eigenvalue weighted by molar-refractivity contribution is 0.451. The second kappa shape index (κ2) is 6.54. The SMILES string of the molecule is CCCNCc1nn(-c2cccc(C)c2C)c(=O)cc1O. The van der Waals surface area contributed by atoms with Crippen molar-refractivity contribution in [3.8, 4) is 11.4 Å². The first-order chi connectivity index (χ1) is 10.0. The van der Waals surface area contributed by atoms with Crippen LogP contribution in [0.25, 0.3) is 5.69 Å². The third kappa shape index (κ3) is 3.31. The van der Waals surface area contributed by atoms with Gasteiger partial charge in [-0.05, 0) is 44.0 Å². The molecule has 1 heterocycles. The van der Waals surface area contributed by atoms with E-state index in [4.69, 9.17) is 0 Å². The molecule has 0 spiro atoms. The van der Waals surface area contributed by atoms with Crippen LogP contribution in [0.4, 0.5) is 0 Å². The average Bonchev–Trinajstić information content (AvgIpc) is 2.45. The van der Waals surface area contributed by atoms with E-state index in [2.05, 4.69) is 17.3 Å². The van der Waals surface area contributed by atoms with E-state index in [1.54, 1.807) is 0 Å². The van der Waals surface area contributed by atoms with Crippen molar-refractivity contribution in [2.75, 3.05) is 6.54 Å². The summed E-state index contributed by atoms with van der Waals surface area (Å²) in [6, 6.07) is 6.97. The van der Waals surface area contributed by atoms with E-state index in [9.17, 15) is 9.90 Å². The zero-order chi connectivity index (χ0) is 15.4. The minimum atomic E-state index is -0.333. The highest BCUT2D eigenvalue weighted by Crippen LogP contribution is 2.17. The quantitative estimate of drug-likeness (QED) is 0.826. The van der Waals surface area contributed by atoms with Crippen LogP contribution in [0.2, 0.25) is 0 Å². The maximum atomic E-state index is 12.1. The fraction of sp³-hybridized carbons (Fsp3) is 0.375. The number of nitrogens with zero attached hydrogens (tertiary/aromatic N) is 2. The summed E-state index contributed by atoms with van der Waals surface area (Å²) in [6.07, 6.45) is 0.997. The topological polar surface area (TPSA) is 67.2 Å². The van der Waals surface area contributed by atoms with Gasteiger partial charge >= 0.3 is 0 Å². The average molecular weight is 287 g/mol. The van der Waals surface area contributed by atoms with Crippen LogP contribution in [0.3, 0.4) is 0 Å². The first kappa shape index (κ1) is 15.3. The van der Waals surface area contributed by atoms with E-state index in [0.29, 0.717) is 12.2 Å². The van der Waals surface area contributed by atoms with Gasteiger partial charge in [0, 0.05) is 12.6 Å². The number of rotatable bonds is 5. The number of nitrogens with one attached hydrogen (secondary N) is 1. The third-order valence-corrected chi connectivity index (χ3v) is 3.51. The van der Waals surface area contributed by atoms with E-state index < -0.39 is 0 Å². The maximum absolute atomic E-state index is 12.1. The summed E-state index contributed by atoms with van der Waals surface area (Å²) in [7, 11) is 0. The van der Waals surface area contributed by atoms with Crippen molar-refractivity contribution >= 4 is 0 Å². The molecule has 2 N–H and O–H groups in total. The molecule has 21 heavy (non-hydrogen) atoms. The van der Waals surface area contributed by atoms with E-state index in [1.807, 2.05) is 32.0 Å². The van der Waals surface area contributed by atoms with E-state index in [1.165, 1.54) is 10.7 Å². The van der Waals surface area contributed by atoms with Crippen LogP contribution in [0, 0.1) is 13.8 Å². The molecule has 0 aliphatic heterocycles. The van der Waals surface area contributed by atoms with Crippen LogP contribution in [0.5, 0.6) is 5.75 Å². The summed E-state index contributed by atoms with van der Waals surface area (Å²) < 4.78 is 1.35. The van der Waals surface area contributed by atoms with Crippen LogP contribution in [0.15, 0.2) is 29.1 Å². The monoisotopic (exact) mass is 287 g/mol. The molecule has 2 rings (SSSR count). The van der Waals surface area contributed by atoms with Gasteiger partial charge in [-0.1, -0.05) is 19.1 Å². The number of hydrogen-bond acceptors (Lipinski definition) is 4. The molecule has 5 heteroatoms. The standard InChI is InChI=1S/C16H21N3O2/c1-4-8-17-10-13-15(20)9-16(21)19(18-13)14-7-5-6-11(2)12(14)3/h5-7,9,17,20H,4,8,10H2,1-3H3. The van der Waals surface area contributed by atoms with Gasteiger partial charge in [0.05, 0.1) is 5.69 Å². The molecule has 5 nitrogen and oxygen atoms in total. The zero-order valence-electron chi connectivity index (χ0n) is 12.7. The van der Waals surface area contributed by atoms with E-state index >= 15 is 0 Å². The number of aromatic hydroxyl groups is 1. The van der Waals surface area contributed by atoms with Crippen molar-refractivity contribution in [2.45, 2.75) is 33.7 Å². The number of aryl methyl sites for hydroxylation is 1. The predicted octanol–water partition coefficient (Wildman–Crippen LogP) is 2.05. The van der Waals surface area contributed by atoms with Crippen LogP contribution in [-0.2, 0) is 6.54 Å². The van der Waals surface area contributed by atoms with E-state index in [0.717, 1.165) is 29.8 Å². The molecule has 0 radical (unpaired) electrons. The molecule has 0 aliphatic carbocycles. The summed E-state index contributed by atoms with van der Waals surface area (Å²) in [4.78, 5) is 12.1. The largest absolute Gasteiger partial charge is 0.506 e. The Hall–Kier alpha value is -2.14. The van der Waals surface area contributed by atoms with E-state index in [-0.39, 0.29) is 11.3 Å². The maximum Gasteiger partial charge on any atom is 0.275 e. The normalized spacial score (nSPS) is 10.8. The van der Waals surface area contributed by atoms with Crippen LogP contribution in [-0.4, -0.2) is 21.4 Å². The molecular weight excluding hydrogens is 266 g/mol. The second-order valence-corrected chi connectivity index (χ2v) is 5.12. The summed E-state index contributed by atoms with van der Waals surface area (Å²) in [5, 5.41) is 17.4. The number of hydrogen-bond donors (Lipinski definition) is 2. The number of benzene rings is 1. The van der Waals surface area contributed by atoms with Crippen molar-refractivity contribution in [2.24, 2.45) is 0 Å². The molecule has 0 saturated heterocycles. The second-order valence-electron chi connectivity index (χ2n) is 5.12. The fourth-order valence-electron chi connectivity index (χ4n) is 2.13. The van der Waals surface area contributed by atoms with Crippen molar-refractivity contribution in [1.29, 1.82) is 0 Å². The Morgan fingerprint density at radius 3 is 2.81 bits per heavy atom. The van der Waals surface area contributed by atoms with Gasteiger partial charge in [0.1, 0.15) is 11.4 Å². The molecule has 0 amide bonds. The molecule has 2 aromatic rings. The highest BCUT2D eigenvalue weighted by atomic mass is 16.3. The highest BCUT2D eigenvalue weighted by Gasteiger charge is 2.11. The lowest BCUT2D eigenvalue weighted by Gasteiger charge is -2.12. The van der Waals surface area contributed by atoms with Crippen LogP contribution >= 0.6 is 0 Å². The van der Waals surface area contributed by atoms with Gasteiger partial charge in [0.15, 0.2) is 0 Å². The molecule has 1 aromatic carbocycles. The molecule has 0 unspecified atom stereocenters. The molecule has 0 atom stereocenters. The Balaban J connectivity index is 2.46. The van der Waals surface area contributed by atoms with Crippen molar-refractivity contribution in [3.63, 3.8) is 0 Å². The third-order valence-electron chi connectivity index (χ3n) is 3.51. The molecule has 0 saturated carbocycles. The Morgan fingerprint density at radius 2 is 2.10 bits per heavy atom. The minimum absolute atomic E-state index is 0.0647. The van der Waals surface area contributed by atoms with Crippen molar-refractivity contribution in [3.05, 3.63) is 51.4 Å². The molecule has 0 bridgehead atoms. The smallest absolute Gasteiger partial charge is 0.275 e. The van der Waals surface area contributed by atoms with Gasteiger partial charge in [0.25, 0.3) is 5.56 Å². The Bertz CT molecular complexity index is 692. The van der Waals surface area contributed by atoms with Gasteiger partial charge < -0.3 is 10.4 Å². The Morgan fingerprint density at radius 1 is 1.33 bits per heavy atom. The van der Waals surface area contributed by atoms with Gasteiger partial charge in [0.2, 0.25) is 0 Å². The van der Waals surface area contributed by atoms with Gasteiger partial charge in [-0.3, -0.25) is 4.79 Å².